The fourth-order valence-electron chi connectivity index (χ4n) is 3.38. The Bertz CT molecular complexity index is 807. The SMILES string of the molecule is CCc1cc(C)c(C(=O)N(C)C[C@@H]2CCc3nc(C(F)(F)F)cn3C2)o1. The Balaban J connectivity index is 1.67. The first-order chi connectivity index (χ1) is 12.2. The average molecular weight is 369 g/mol. The molecule has 0 saturated carbocycles. The highest BCUT2D eigenvalue weighted by molar-refractivity contribution is 5.92. The number of fused-ring (bicyclic) bond motifs is 1. The number of amides is 1. The molecule has 142 valence electrons. The van der Waals surface area contributed by atoms with E-state index in [-0.39, 0.29) is 11.8 Å². The maximum absolute atomic E-state index is 12.8. The number of alkyl halides is 3. The topological polar surface area (TPSA) is 51.3 Å². The molecular formula is C18H22F3N3O2. The third-order valence-corrected chi connectivity index (χ3v) is 4.77. The van der Waals surface area contributed by atoms with Crippen LogP contribution >= 0.6 is 0 Å². The van der Waals surface area contributed by atoms with Crippen LogP contribution in [-0.2, 0) is 25.6 Å². The maximum atomic E-state index is 12.8. The Morgan fingerprint density at radius 1 is 1.46 bits per heavy atom. The summed E-state index contributed by atoms with van der Waals surface area (Å²) >= 11 is 0. The first-order valence-electron chi connectivity index (χ1n) is 8.67. The molecule has 0 unspecified atom stereocenters. The average Bonchev–Trinajstić information content (AvgIpc) is 3.16. The second-order valence-electron chi connectivity index (χ2n) is 6.86. The lowest BCUT2D eigenvalue weighted by Gasteiger charge is -2.27. The Kier molecular flexibility index (Phi) is 4.86. The predicted molar refractivity (Wildman–Crippen MR) is 88.8 cm³/mol. The molecule has 0 bridgehead atoms. The van der Waals surface area contributed by atoms with Gasteiger partial charge in [0.1, 0.15) is 11.6 Å². The molecule has 5 nitrogen and oxygen atoms in total. The normalized spacial score (nSPS) is 17.2. The van der Waals surface area contributed by atoms with Gasteiger partial charge in [0.2, 0.25) is 0 Å². The molecule has 1 aliphatic heterocycles. The van der Waals surface area contributed by atoms with E-state index in [0.717, 1.165) is 17.5 Å². The molecule has 0 spiro atoms. The number of nitrogens with zero attached hydrogens (tertiary/aromatic N) is 3. The van der Waals surface area contributed by atoms with Crippen LogP contribution in [0.4, 0.5) is 13.2 Å². The van der Waals surface area contributed by atoms with Gasteiger partial charge in [0.25, 0.3) is 5.91 Å². The van der Waals surface area contributed by atoms with E-state index in [9.17, 15) is 18.0 Å². The number of hydrogen-bond acceptors (Lipinski definition) is 3. The van der Waals surface area contributed by atoms with Crippen molar-refractivity contribution in [1.82, 2.24) is 14.5 Å². The zero-order valence-corrected chi connectivity index (χ0v) is 15.1. The molecule has 1 amide bonds. The number of furan rings is 1. The molecule has 2 aromatic heterocycles. The lowest BCUT2D eigenvalue weighted by molar-refractivity contribution is -0.141. The predicted octanol–water partition coefficient (Wildman–Crippen LogP) is 3.70. The zero-order chi connectivity index (χ0) is 19.1. The third-order valence-electron chi connectivity index (χ3n) is 4.77. The zero-order valence-electron chi connectivity index (χ0n) is 15.1. The molecular weight excluding hydrogens is 347 g/mol. The third kappa shape index (κ3) is 3.64. The molecule has 0 saturated heterocycles. The highest BCUT2D eigenvalue weighted by atomic mass is 19.4. The second kappa shape index (κ2) is 6.81. The van der Waals surface area contributed by atoms with Gasteiger partial charge in [-0.25, -0.2) is 4.98 Å². The monoisotopic (exact) mass is 369 g/mol. The summed E-state index contributed by atoms with van der Waals surface area (Å²) in [6, 6.07) is 1.86. The number of hydrogen-bond donors (Lipinski definition) is 0. The Morgan fingerprint density at radius 3 is 2.81 bits per heavy atom. The lowest BCUT2D eigenvalue weighted by atomic mass is 9.99. The van der Waals surface area contributed by atoms with E-state index in [1.807, 2.05) is 19.9 Å². The van der Waals surface area contributed by atoms with Gasteiger partial charge in [-0.1, -0.05) is 6.92 Å². The summed E-state index contributed by atoms with van der Waals surface area (Å²) in [5.74, 6) is 1.43. The first-order valence-corrected chi connectivity index (χ1v) is 8.67. The minimum atomic E-state index is -4.43. The molecule has 0 aromatic carbocycles. The molecule has 0 N–H and O–H groups in total. The summed E-state index contributed by atoms with van der Waals surface area (Å²) in [6.45, 7) is 4.67. The van der Waals surface area contributed by atoms with E-state index < -0.39 is 11.9 Å². The van der Waals surface area contributed by atoms with Crippen LogP contribution in [0.15, 0.2) is 16.7 Å². The van der Waals surface area contributed by atoms with Crippen LogP contribution in [0.5, 0.6) is 0 Å². The van der Waals surface area contributed by atoms with E-state index in [0.29, 0.717) is 43.9 Å². The molecule has 3 heterocycles. The fraction of sp³-hybridized carbons (Fsp3) is 0.556. The van der Waals surface area contributed by atoms with Crippen molar-refractivity contribution in [2.45, 2.75) is 45.8 Å². The number of aryl methyl sites for hydroxylation is 3. The van der Waals surface area contributed by atoms with E-state index >= 15 is 0 Å². The van der Waals surface area contributed by atoms with Crippen molar-refractivity contribution >= 4 is 5.91 Å². The van der Waals surface area contributed by atoms with Gasteiger partial charge >= 0.3 is 6.18 Å². The summed E-state index contributed by atoms with van der Waals surface area (Å²) in [5.41, 5.74) is -0.0510. The van der Waals surface area contributed by atoms with Gasteiger partial charge in [-0.3, -0.25) is 4.79 Å². The van der Waals surface area contributed by atoms with Crippen LogP contribution in [0, 0.1) is 12.8 Å². The van der Waals surface area contributed by atoms with Crippen molar-refractivity contribution < 1.29 is 22.4 Å². The molecule has 1 atom stereocenters. The smallest absolute Gasteiger partial charge is 0.434 e. The number of aromatic nitrogens is 2. The number of imidazole rings is 1. The lowest BCUT2D eigenvalue weighted by Crippen LogP contribution is -2.35. The molecule has 1 aliphatic rings. The highest BCUT2D eigenvalue weighted by Gasteiger charge is 2.36. The van der Waals surface area contributed by atoms with Gasteiger partial charge in [0, 0.05) is 44.7 Å². The Morgan fingerprint density at radius 2 is 2.19 bits per heavy atom. The van der Waals surface area contributed by atoms with Gasteiger partial charge in [0.15, 0.2) is 11.5 Å². The van der Waals surface area contributed by atoms with E-state index in [1.165, 1.54) is 0 Å². The van der Waals surface area contributed by atoms with E-state index in [1.54, 1.807) is 16.5 Å². The number of halogens is 3. The number of carbonyl (C=O) groups is 1. The van der Waals surface area contributed by atoms with Crippen LogP contribution < -0.4 is 0 Å². The van der Waals surface area contributed by atoms with Crippen molar-refractivity contribution in [1.29, 1.82) is 0 Å². The molecule has 0 fully saturated rings. The summed E-state index contributed by atoms with van der Waals surface area (Å²) in [6.07, 6.45) is -1.48. The van der Waals surface area contributed by atoms with Gasteiger partial charge in [-0.05, 0) is 25.3 Å². The van der Waals surface area contributed by atoms with Crippen molar-refractivity contribution in [2.24, 2.45) is 5.92 Å². The van der Waals surface area contributed by atoms with Gasteiger partial charge in [0.05, 0.1) is 0 Å². The van der Waals surface area contributed by atoms with Gasteiger partial charge in [-0.2, -0.15) is 13.2 Å². The van der Waals surface area contributed by atoms with Gasteiger partial charge < -0.3 is 13.9 Å². The molecule has 3 rings (SSSR count). The van der Waals surface area contributed by atoms with Crippen molar-refractivity contribution in [3.05, 3.63) is 40.9 Å². The minimum Gasteiger partial charge on any atom is -0.456 e. The molecule has 26 heavy (non-hydrogen) atoms. The van der Waals surface area contributed by atoms with Gasteiger partial charge in [-0.15, -0.1) is 0 Å². The van der Waals surface area contributed by atoms with Crippen LogP contribution in [0.25, 0.3) is 0 Å². The van der Waals surface area contributed by atoms with Crippen LogP contribution in [-0.4, -0.2) is 34.0 Å². The summed E-state index contributed by atoms with van der Waals surface area (Å²) in [5, 5.41) is 0. The van der Waals surface area contributed by atoms with E-state index in [2.05, 4.69) is 4.98 Å². The van der Waals surface area contributed by atoms with Crippen molar-refractivity contribution in [3.63, 3.8) is 0 Å². The Hall–Kier alpha value is -2.25. The standard InChI is InChI=1S/C18H22F3N3O2/c1-4-13-7-11(2)16(26-13)17(25)23(3)8-12-5-6-15-22-14(18(19,20)21)10-24(15)9-12/h7,10,12H,4-6,8-9H2,1-3H3/t12-/m0/s1. The van der Waals surface area contributed by atoms with Crippen molar-refractivity contribution in [3.8, 4) is 0 Å². The summed E-state index contributed by atoms with van der Waals surface area (Å²) in [7, 11) is 1.69. The molecule has 8 heteroatoms. The molecule has 0 aliphatic carbocycles. The van der Waals surface area contributed by atoms with Crippen molar-refractivity contribution in [2.75, 3.05) is 13.6 Å². The molecule has 0 radical (unpaired) electrons. The van der Waals surface area contributed by atoms with E-state index in [4.69, 9.17) is 4.42 Å². The largest absolute Gasteiger partial charge is 0.456 e. The minimum absolute atomic E-state index is 0.0765. The maximum Gasteiger partial charge on any atom is 0.434 e. The summed E-state index contributed by atoms with van der Waals surface area (Å²) in [4.78, 5) is 17.9. The number of rotatable bonds is 4. The fourth-order valence-corrected chi connectivity index (χ4v) is 3.38. The number of carbonyl (C=O) groups excluding carboxylic acids is 1. The van der Waals surface area contributed by atoms with Crippen LogP contribution in [0.3, 0.4) is 0 Å². The summed E-state index contributed by atoms with van der Waals surface area (Å²) < 4.78 is 45.6. The quantitative estimate of drug-likeness (QED) is 0.826. The first kappa shape index (κ1) is 18.5. The van der Waals surface area contributed by atoms with Crippen LogP contribution in [0.1, 0.15) is 46.7 Å². The van der Waals surface area contributed by atoms with Crippen LogP contribution in [0.2, 0.25) is 0 Å². The highest BCUT2D eigenvalue weighted by Crippen LogP contribution is 2.31. The molecule has 2 aromatic rings. The second-order valence-corrected chi connectivity index (χ2v) is 6.86. The Labute approximate surface area is 149 Å².